The lowest BCUT2D eigenvalue weighted by atomic mass is 9.72. The van der Waals surface area contributed by atoms with Gasteiger partial charge in [0.05, 0.1) is 24.5 Å². The van der Waals surface area contributed by atoms with Gasteiger partial charge in [0.25, 0.3) is 15.9 Å². The van der Waals surface area contributed by atoms with Crippen molar-refractivity contribution >= 4 is 50.4 Å². The Bertz CT molecular complexity index is 2170. The summed E-state index contributed by atoms with van der Waals surface area (Å²) < 4.78 is 47.7. The second-order valence-electron chi connectivity index (χ2n) is 18.3. The highest BCUT2D eigenvalue weighted by molar-refractivity contribution is 7.90. The molecule has 0 spiro atoms. The van der Waals surface area contributed by atoms with Crippen LogP contribution in [0.2, 0.25) is 10.0 Å². The molecule has 2 aromatic carbocycles. The minimum absolute atomic E-state index is 0.0569. The number of halogens is 2. The van der Waals surface area contributed by atoms with E-state index in [9.17, 15) is 13.2 Å². The zero-order valence-electron chi connectivity index (χ0n) is 35.6. The number of hydrogen-bond donors (Lipinski definition) is 3. The summed E-state index contributed by atoms with van der Waals surface area (Å²) >= 11 is 12.8. The van der Waals surface area contributed by atoms with E-state index < -0.39 is 15.9 Å². The third kappa shape index (κ3) is 10.7. The number of aromatic nitrogens is 1. The molecule has 12 nitrogen and oxygen atoms in total. The number of nitrogens with zero attached hydrogens (tertiary/aromatic N) is 3. The fourth-order valence-corrected chi connectivity index (χ4v) is 11.2. The fraction of sp³-hybridized carbons (Fsp3) is 0.565. The van der Waals surface area contributed by atoms with Crippen LogP contribution < -0.4 is 29.9 Å². The van der Waals surface area contributed by atoms with Gasteiger partial charge in [0, 0.05) is 75.1 Å². The first-order valence-corrected chi connectivity index (χ1v) is 24.2. The summed E-state index contributed by atoms with van der Waals surface area (Å²) in [5, 5.41) is 0.808. The maximum Gasteiger partial charge on any atom is 0.268 e. The molecule has 2 aliphatic heterocycles. The third-order valence-corrected chi connectivity index (χ3v) is 15.4. The van der Waals surface area contributed by atoms with Crippen LogP contribution in [0, 0.1) is 17.3 Å². The van der Waals surface area contributed by atoms with Crippen molar-refractivity contribution in [1.29, 1.82) is 0 Å². The molecule has 8 rings (SSSR count). The second kappa shape index (κ2) is 19.1. The van der Waals surface area contributed by atoms with Crippen molar-refractivity contribution in [2.24, 2.45) is 17.3 Å². The highest BCUT2D eigenvalue weighted by atomic mass is 35.5. The normalized spacial score (nSPS) is 25.9. The average Bonchev–Trinajstić information content (AvgIpc) is 3.75. The predicted octanol–water partition coefficient (Wildman–Crippen LogP) is 7.90. The second-order valence-corrected chi connectivity index (χ2v) is 20.9. The van der Waals surface area contributed by atoms with Gasteiger partial charge in [-0.1, -0.05) is 54.8 Å². The Labute approximate surface area is 371 Å². The van der Waals surface area contributed by atoms with Crippen LogP contribution in [0.1, 0.15) is 94.0 Å². The van der Waals surface area contributed by atoms with Gasteiger partial charge < -0.3 is 19.1 Å². The summed E-state index contributed by atoms with van der Waals surface area (Å²) in [5.74, 6) is 0.295. The Balaban J connectivity index is 0.960. The topological polar surface area (TPSA) is 134 Å². The van der Waals surface area contributed by atoms with Crippen LogP contribution in [0.4, 0.5) is 5.69 Å². The molecule has 3 heterocycles. The third-order valence-electron chi connectivity index (χ3n) is 13.5. The number of carbonyl (C=O) groups excluding carboxylic acids is 1. The molecular formula is C46H60Cl2N6O6S. The molecule has 2 saturated heterocycles. The van der Waals surface area contributed by atoms with Gasteiger partial charge >= 0.3 is 0 Å². The number of anilines is 1. The number of hydrogen-bond acceptors (Lipinski definition) is 11. The number of rotatable bonds is 13. The van der Waals surface area contributed by atoms with Gasteiger partial charge in [0.1, 0.15) is 21.8 Å². The van der Waals surface area contributed by atoms with E-state index in [0.29, 0.717) is 18.3 Å². The van der Waals surface area contributed by atoms with Crippen molar-refractivity contribution in [3.05, 3.63) is 81.5 Å². The molecule has 5 aliphatic rings. The van der Waals surface area contributed by atoms with Gasteiger partial charge in [-0.05, 0) is 117 Å². The molecular weight excluding hydrogens is 836 g/mol. The molecule has 1 amide bonds. The van der Waals surface area contributed by atoms with E-state index in [2.05, 4.69) is 56.3 Å². The number of ether oxygens (including phenoxy) is 3. The standard InChI is InChI=1S/C46H60Cl2N6O6S/c1-46(2)18-17-32(38(25-46)31-9-11-33(47)12-10-31)28-53-19-21-54(22-20-53)34-13-16-37(43(23-34)60-42-6-4-5-41-39(42)27-50-51-41)44(55)52-61(56,57)36-24-40(48)45(49-26-36)59-29-30-7-14-35(58-3)15-8-30/h9-13,16,23-24,26,30,35,39,41-42,50-51H,4-8,14-15,17-22,25,27-29H2,1-3H3,(H,52,55). The Kier molecular flexibility index (Phi) is 13.9. The van der Waals surface area contributed by atoms with E-state index in [1.54, 1.807) is 13.2 Å². The summed E-state index contributed by atoms with van der Waals surface area (Å²) in [6, 6.07) is 15.3. The van der Waals surface area contributed by atoms with Gasteiger partial charge in [-0.3, -0.25) is 20.5 Å². The molecule has 0 radical (unpaired) electrons. The van der Waals surface area contributed by atoms with Crippen LogP contribution in [0.25, 0.3) is 5.57 Å². The van der Waals surface area contributed by atoms with Crippen molar-refractivity contribution in [3.8, 4) is 11.6 Å². The molecule has 4 fully saturated rings. The molecule has 3 atom stereocenters. The van der Waals surface area contributed by atoms with Gasteiger partial charge in [0.15, 0.2) is 0 Å². The Hall–Kier alpha value is -3.43. The number of nitrogens with one attached hydrogen (secondary N) is 3. The smallest absolute Gasteiger partial charge is 0.268 e. The van der Waals surface area contributed by atoms with Crippen LogP contribution in [0.3, 0.4) is 0 Å². The molecule has 3 aromatic rings. The molecule has 3 unspecified atom stereocenters. The lowest BCUT2D eigenvalue weighted by molar-refractivity contribution is 0.0478. The van der Waals surface area contributed by atoms with Crippen LogP contribution in [-0.4, -0.2) is 95.4 Å². The van der Waals surface area contributed by atoms with E-state index in [4.69, 9.17) is 37.4 Å². The predicted molar refractivity (Wildman–Crippen MR) is 240 cm³/mol. The quantitative estimate of drug-likeness (QED) is 0.155. The van der Waals surface area contributed by atoms with Crippen LogP contribution >= 0.6 is 23.2 Å². The highest BCUT2D eigenvalue weighted by Gasteiger charge is 2.39. The largest absolute Gasteiger partial charge is 0.489 e. The van der Waals surface area contributed by atoms with E-state index in [1.807, 2.05) is 24.3 Å². The first-order valence-electron chi connectivity index (χ1n) is 22.0. The summed E-state index contributed by atoms with van der Waals surface area (Å²) in [6.45, 7) is 10.2. The summed E-state index contributed by atoms with van der Waals surface area (Å²) in [7, 11) is -2.61. The number of benzene rings is 2. The molecule has 2 saturated carbocycles. The number of fused-ring (bicyclic) bond motifs is 1. The number of hydrazine groups is 1. The van der Waals surface area contributed by atoms with Gasteiger partial charge in [-0.25, -0.2) is 18.1 Å². The maximum atomic E-state index is 14.0. The zero-order valence-corrected chi connectivity index (χ0v) is 37.9. The Morgan fingerprint density at radius 2 is 1.75 bits per heavy atom. The minimum atomic E-state index is -4.35. The van der Waals surface area contributed by atoms with E-state index >= 15 is 0 Å². The molecule has 3 N–H and O–H groups in total. The van der Waals surface area contributed by atoms with Crippen molar-refractivity contribution in [1.82, 2.24) is 25.5 Å². The lowest BCUT2D eigenvalue weighted by Crippen LogP contribution is -2.47. The van der Waals surface area contributed by atoms with Crippen molar-refractivity contribution in [2.75, 3.05) is 57.9 Å². The first kappa shape index (κ1) is 44.2. The van der Waals surface area contributed by atoms with Gasteiger partial charge in [-0.15, -0.1) is 0 Å². The zero-order chi connectivity index (χ0) is 42.7. The first-order chi connectivity index (χ1) is 29.3. The van der Waals surface area contributed by atoms with Crippen molar-refractivity contribution < 1.29 is 27.4 Å². The molecule has 330 valence electrons. The highest BCUT2D eigenvalue weighted by Crippen LogP contribution is 2.44. The summed E-state index contributed by atoms with van der Waals surface area (Å²) in [4.78, 5) is 22.9. The number of piperazine rings is 1. The molecule has 1 aromatic heterocycles. The SMILES string of the molecule is COC1CCC(COc2ncc(S(=O)(=O)NC(=O)c3ccc(N4CCN(CC5=C(c6ccc(Cl)cc6)CC(C)(C)CC5)CC4)cc3OC3CCCC4NNCC43)cc2Cl)CC1. The number of carbonyl (C=O) groups is 1. The average molecular weight is 896 g/mol. The monoisotopic (exact) mass is 894 g/mol. The number of pyridine rings is 1. The van der Waals surface area contributed by atoms with Crippen LogP contribution in [0.5, 0.6) is 11.6 Å². The molecule has 15 heteroatoms. The van der Waals surface area contributed by atoms with E-state index in [-0.39, 0.29) is 50.9 Å². The van der Waals surface area contributed by atoms with E-state index in [1.165, 1.54) is 35.4 Å². The number of methoxy groups -OCH3 is 1. The summed E-state index contributed by atoms with van der Waals surface area (Å²) in [6.07, 6.45) is 11.3. The number of allylic oxidation sites excluding steroid dienone is 1. The summed E-state index contributed by atoms with van der Waals surface area (Å²) in [5.41, 5.74) is 12.2. The lowest BCUT2D eigenvalue weighted by Gasteiger charge is -2.39. The maximum absolute atomic E-state index is 14.0. The molecule has 0 bridgehead atoms. The van der Waals surface area contributed by atoms with Gasteiger partial charge in [-0.2, -0.15) is 0 Å². The Morgan fingerprint density at radius 3 is 2.49 bits per heavy atom. The van der Waals surface area contributed by atoms with Crippen LogP contribution in [0.15, 0.2) is 65.2 Å². The number of amides is 1. The molecule has 3 aliphatic carbocycles. The van der Waals surface area contributed by atoms with E-state index in [0.717, 1.165) is 108 Å². The van der Waals surface area contributed by atoms with Crippen LogP contribution in [-0.2, 0) is 14.8 Å². The fourth-order valence-electron chi connectivity index (χ4n) is 9.82. The Morgan fingerprint density at radius 1 is 0.984 bits per heavy atom. The van der Waals surface area contributed by atoms with Gasteiger partial charge in [0.2, 0.25) is 5.88 Å². The van der Waals surface area contributed by atoms with Crippen molar-refractivity contribution in [2.45, 2.75) is 101 Å². The minimum Gasteiger partial charge on any atom is -0.489 e. The molecule has 61 heavy (non-hydrogen) atoms. The van der Waals surface area contributed by atoms with Crippen molar-refractivity contribution in [3.63, 3.8) is 0 Å². The number of sulfonamides is 1.